The van der Waals surface area contributed by atoms with Crippen LogP contribution in [-0.2, 0) is 16.0 Å². The third kappa shape index (κ3) is 4.58. The number of hydrogen-bond donors (Lipinski definition) is 2. The number of hydrogen-bond acceptors (Lipinski definition) is 3. The fourth-order valence-corrected chi connectivity index (χ4v) is 1.41. The highest BCUT2D eigenvalue weighted by Crippen LogP contribution is 2.24. The van der Waals surface area contributed by atoms with Gasteiger partial charge in [0.15, 0.2) is 0 Å². The van der Waals surface area contributed by atoms with Crippen LogP contribution in [0.25, 0.3) is 0 Å². The molecule has 0 saturated carbocycles. The predicted octanol–water partition coefficient (Wildman–Crippen LogP) is 1.46. The summed E-state index contributed by atoms with van der Waals surface area (Å²) in [5.41, 5.74) is -0.116. The molecule has 1 aromatic carbocycles. The largest absolute Gasteiger partial charge is 0.500 e. The molecule has 0 aliphatic carbocycles. The maximum absolute atomic E-state index is 12.3. The monoisotopic (exact) mass is 289 g/mol. The standard InChI is InChI=1S/C13H14F3NO3/c1-17-10(11(18)13(14,15)16)12(19)20-8-7-9-5-3-2-4-6-9/h2-6,18H,1,7-8,17H2/b11-10+. The molecule has 0 bridgehead atoms. The number of allylic oxidation sites excluding steroid dienone is 1. The summed E-state index contributed by atoms with van der Waals surface area (Å²) in [7, 11) is 3.06. The number of aliphatic hydroxyl groups is 1. The van der Waals surface area contributed by atoms with Gasteiger partial charge in [-0.25, -0.2) is 4.79 Å². The molecule has 1 aromatic rings. The number of esters is 1. The predicted molar refractivity (Wildman–Crippen MR) is 64.1 cm³/mol. The van der Waals surface area contributed by atoms with E-state index in [0.717, 1.165) is 5.56 Å². The molecule has 0 heterocycles. The molecule has 0 radical (unpaired) electrons. The van der Waals surface area contributed by atoms with Crippen LogP contribution in [0.5, 0.6) is 0 Å². The third-order valence-corrected chi connectivity index (χ3v) is 2.41. The van der Waals surface area contributed by atoms with Gasteiger partial charge in [0.1, 0.15) is 0 Å². The van der Waals surface area contributed by atoms with Crippen molar-refractivity contribution >= 4 is 5.97 Å². The van der Waals surface area contributed by atoms with Gasteiger partial charge in [-0.1, -0.05) is 30.3 Å². The number of halogens is 3. The normalized spacial score (nSPS) is 12.8. The summed E-state index contributed by atoms with van der Waals surface area (Å²) in [4.78, 5) is 11.4. The zero-order valence-electron chi connectivity index (χ0n) is 10.5. The Kier molecular flexibility index (Phi) is 5.57. The minimum absolute atomic E-state index is 0.0919. The molecule has 7 heteroatoms. The molecule has 0 amide bonds. The second kappa shape index (κ2) is 6.95. The van der Waals surface area contributed by atoms with Crippen molar-refractivity contribution in [3.63, 3.8) is 0 Å². The van der Waals surface area contributed by atoms with Crippen molar-refractivity contribution in [1.82, 2.24) is 0 Å². The lowest BCUT2D eigenvalue weighted by Crippen LogP contribution is -2.77. The van der Waals surface area contributed by atoms with E-state index in [0.29, 0.717) is 11.7 Å². The Morgan fingerprint density at radius 3 is 2.40 bits per heavy atom. The Labute approximate surface area is 113 Å². The molecular weight excluding hydrogens is 275 g/mol. The van der Waals surface area contributed by atoms with E-state index >= 15 is 0 Å². The van der Waals surface area contributed by atoms with Crippen LogP contribution in [0.15, 0.2) is 41.8 Å². The highest BCUT2D eigenvalue weighted by Gasteiger charge is 2.40. The molecule has 110 valence electrons. The molecule has 0 aliphatic heterocycles. The summed E-state index contributed by atoms with van der Waals surface area (Å²) >= 11 is 0. The van der Waals surface area contributed by atoms with E-state index in [2.05, 4.69) is 11.8 Å². The zero-order chi connectivity index (χ0) is 15.2. The van der Waals surface area contributed by atoms with Gasteiger partial charge in [0.25, 0.3) is 5.76 Å². The molecule has 4 nitrogen and oxygen atoms in total. The van der Waals surface area contributed by atoms with Gasteiger partial charge in [-0.15, -0.1) is 7.05 Å². The molecule has 0 spiro atoms. The Hall–Kier alpha value is -2.02. The van der Waals surface area contributed by atoms with Crippen LogP contribution in [-0.4, -0.2) is 23.9 Å². The quantitative estimate of drug-likeness (QED) is 0.373. The van der Waals surface area contributed by atoms with Crippen LogP contribution in [0.3, 0.4) is 0 Å². The van der Waals surface area contributed by atoms with Gasteiger partial charge in [0.05, 0.1) is 6.61 Å². The molecular formula is C13H14F3NO3. The number of rotatable bonds is 5. The molecule has 20 heavy (non-hydrogen) atoms. The van der Waals surface area contributed by atoms with E-state index < -0.39 is 23.6 Å². The zero-order valence-corrected chi connectivity index (χ0v) is 10.5. The number of carbonyl (C=O) groups excluding carboxylic acids is 1. The van der Waals surface area contributed by atoms with Crippen LogP contribution in [0.2, 0.25) is 0 Å². The van der Waals surface area contributed by atoms with Crippen molar-refractivity contribution in [2.45, 2.75) is 12.6 Å². The fraction of sp³-hybridized carbons (Fsp3) is 0.231. The van der Waals surface area contributed by atoms with Crippen molar-refractivity contribution in [1.29, 1.82) is 0 Å². The number of carbonyl (C=O) groups is 1. The van der Waals surface area contributed by atoms with Crippen LogP contribution in [0, 0.1) is 7.05 Å². The van der Waals surface area contributed by atoms with E-state index in [1.165, 1.54) is 0 Å². The molecule has 0 saturated heterocycles. The van der Waals surface area contributed by atoms with Crippen LogP contribution < -0.4 is 5.32 Å². The summed E-state index contributed by atoms with van der Waals surface area (Å²) in [5, 5.41) is 9.53. The second-order valence-corrected chi connectivity index (χ2v) is 3.84. The first-order valence-electron chi connectivity index (χ1n) is 5.70. The molecule has 1 rings (SSSR count). The molecule has 0 atom stereocenters. The second-order valence-electron chi connectivity index (χ2n) is 3.84. The highest BCUT2D eigenvalue weighted by molar-refractivity contribution is 5.86. The van der Waals surface area contributed by atoms with E-state index in [-0.39, 0.29) is 6.61 Å². The Balaban J connectivity index is 2.61. The summed E-state index contributed by atoms with van der Waals surface area (Å²) in [6, 6.07) is 9.00. The van der Waals surface area contributed by atoms with Crippen molar-refractivity contribution in [2.24, 2.45) is 0 Å². The van der Waals surface area contributed by atoms with Crippen LogP contribution >= 0.6 is 0 Å². The van der Waals surface area contributed by atoms with Crippen LogP contribution in [0.1, 0.15) is 5.56 Å². The van der Waals surface area contributed by atoms with Crippen molar-refractivity contribution in [2.75, 3.05) is 6.61 Å². The van der Waals surface area contributed by atoms with Gasteiger partial charge in [-0.3, -0.25) is 0 Å². The first kappa shape index (κ1) is 16.0. The van der Waals surface area contributed by atoms with E-state index in [1.54, 1.807) is 24.3 Å². The first-order chi connectivity index (χ1) is 9.36. The van der Waals surface area contributed by atoms with Crippen molar-refractivity contribution in [3.8, 4) is 0 Å². The maximum atomic E-state index is 12.3. The summed E-state index contributed by atoms with van der Waals surface area (Å²) < 4.78 is 41.5. The van der Waals surface area contributed by atoms with Gasteiger partial charge >= 0.3 is 12.1 Å². The number of aliphatic hydroxyl groups excluding tert-OH is 1. The molecule has 3 N–H and O–H groups in total. The van der Waals surface area contributed by atoms with Crippen LogP contribution in [0.4, 0.5) is 13.2 Å². The SMILES string of the molecule is [CH2-][NH2+]/C(C(=O)OCCc1ccccc1)=C(/O)C(F)(F)F. The molecule has 0 unspecified atom stereocenters. The number of quaternary nitrogens is 1. The fourth-order valence-electron chi connectivity index (χ4n) is 1.41. The highest BCUT2D eigenvalue weighted by atomic mass is 19.4. The smallest absolute Gasteiger partial charge is 0.455 e. The average Bonchev–Trinajstić information content (AvgIpc) is 2.39. The number of benzene rings is 1. The Bertz CT molecular complexity index is 483. The molecule has 0 aliphatic rings. The lowest BCUT2D eigenvalue weighted by atomic mass is 10.2. The third-order valence-electron chi connectivity index (χ3n) is 2.41. The average molecular weight is 289 g/mol. The van der Waals surface area contributed by atoms with Crippen molar-refractivity contribution < 1.29 is 33.1 Å². The van der Waals surface area contributed by atoms with Gasteiger partial charge in [0, 0.05) is 6.42 Å². The van der Waals surface area contributed by atoms with Crippen molar-refractivity contribution in [3.05, 3.63) is 54.4 Å². The van der Waals surface area contributed by atoms with Gasteiger partial charge in [-0.05, 0) is 5.56 Å². The molecule has 0 aromatic heterocycles. The number of ether oxygens (including phenoxy) is 1. The minimum Gasteiger partial charge on any atom is -0.500 e. The van der Waals surface area contributed by atoms with E-state index in [4.69, 9.17) is 5.11 Å². The lowest BCUT2D eigenvalue weighted by molar-refractivity contribution is -0.541. The van der Waals surface area contributed by atoms with Gasteiger partial charge < -0.3 is 15.2 Å². The summed E-state index contributed by atoms with van der Waals surface area (Å²) in [5.74, 6) is -3.26. The number of nitrogens with two attached hydrogens (primary N) is 1. The van der Waals surface area contributed by atoms with Gasteiger partial charge in [0.2, 0.25) is 5.70 Å². The van der Waals surface area contributed by atoms with E-state index in [1.807, 2.05) is 6.07 Å². The molecule has 0 fully saturated rings. The number of alkyl halides is 3. The lowest BCUT2D eigenvalue weighted by Gasteiger charge is -2.11. The minimum atomic E-state index is -5.01. The summed E-state index contributed by atoms with van der Waals surface area (Å²) in [6.45, 7) is -0.0919. The summed E-state index contributed by atoms with van der Waals surface area (Å²) in [6.07, 6.45) is -4.65. The topological polar surface area (TPSA) is 63.1 Å². The Morgan fingerprint density at radius 1 is 1.30 bits per heavy atom. The van der Waals surface area contributed by atoms with Gasteiger partial charge in [-0.2, -0.15) is 13.2 Å². The Morgan fingerprint density at radius 2 is 1.90 bits per heavy atom. The van der Waals surface area contributed by atoms with E-state index in [9.17, 15) is 18.0 Å². The first-order valence-corrected chi connectivity index (χ1v) is 5.70. The maximum Gasteiger partial charge on any atom is 0.455 e.